The second-order valence-corrected chi connectivity index (χ2v) is 32.3. The normalized spacial score (nSPS) is 51.7. The van der Waals surface area contributed by atoms with Gasteiger partial charge in [0.25, 0.3) is 0 Å². The minimum Gasteiger partial charge on any atom is -0.394 e. The van der Waals surface area contributed by atoms with E-state index in [-0.39, 0.29) is 0 Å². The highest BCUT2D eigenvalue weighted by atomic mass is 16.8. The summed E-state index contributed by atoms with van der Waals surface area (Å²) in [7, 11) is 0. The van der Waals surface area contributed by atoms with Gasteiger partial charge in [0.1, 0.15) is 268 Å². The van der Waals surface area contributed by atoms with Crippen molar-refractivity contribution >= 4 is 11.8 Å². The van der Waals surface area contributed by atoms with Crippen LogP contribution in [0.4, 0.5) is 0 Å². The maximum atomic E-state index is 13.1. The van der Waals surface area contributed by atoms with Crippen molar-refractivity contribution in [3.05, 3.63) is 0 Å². The molecule has 35 N–H and O–H groups in total. The summed E-state index contributed by atoms with van der Waals surface area (Å²) in [6.45, 7) is -10.8. The molecule has 0 radical (unpaired) electrons. The van der Waals surface area contributed by atoms with Crippen molar-refractivity contribution in [1.29, 1.82) is 0 Å². The Kier molecular flexibility index (Phi) is 37.7. The van der Waals surface area contributed by atoms with Gasteiger partial charge in [0.15, 0.2) is 69.2 Å². The molecule has 55 atom stereocenters. The van der Waals surface area contributed by atoms with Crippen LogP contribution in [-0.4, -0.2) is 591 Å². The number of hydrogen-bond acceptors (Lipinski definition) is 56. The Hall–Kier alpha value is -3.22. The third kappa shape index (κ3) is 22.5. The van der Waals surface area contributed by atoms with E-state index in [1.54, 1.807) is 0 Å². The molecule has 11 fully saturated rings. The van der Waals surface area contributed by atoms with Crippen LogP contribution in [0.15, 0.2) is 0 Å². The van der Waals surface area contributed by atoms with Crippen LogP contribution >= 0.6 is 0 Å². The number of ether oxygens (including phenoxy) is 21. The lowest BCUT2D eigenvalue weighted by molar-refractivity contribution is -0.413. The van der Waals surface area contributed by atoms with Crippen molar-refractivity contribution in [1.82, 2.24) is 10.6 Å². The number of aliphatic hydroxyl groups excluding tert-OH is 33. The summed E-state index contributed by atoms with van der Waals surface area (Å²) in [6.07, 6.45) is -117. The maximum absolute atomic E-state index is 13.1. The van der Waals surface area contributed by atoms with E-state index in [0.717, 1.165) is 13.8 Å². The molecule has 0 aliphatic carbocycles. The van der Waals surface area contributed by atoms with Gasteiger partial charge in [0.05, 0.1) is 72.7 Å². The highest BCUT2D eigenvalue weighted by molar-refractivity contribution is 5.73. The molecule has 0 aromatic heterocycles. The number of rotatable bonds is 33. The van der Waals surface area contributed by atoms with Crippen LogP contribution in [-0.2, 0) is 109 Å². The van der Waals surface area contributed by atoms with E-state index in [9.17, 15) is 178 Å². The summed E-state index contributed by atoms with van der Waals surface area (Å²) in [5.41, 5.74) is 0. The van der Waals surface area contributed by atoms with E-state index >= 15 is 0 Å². The van der Waals surface area contributed by atoms with E-state index in [4.69, 9.17) is 99.5 Å². The molecular weight excluding hydrogens is 1760 g/mol. The van der Waals surface area contributed by atoms with Crippen LogP contribution in [0.2, 0.25) is 0 Å². The first kappa shape index (κ1) is 105. The monoisotopic (exact) mass is 1880 g/mol. The molecule has 0 aromatic carbocycles. The van der Waals surface area contributed by atoms with Crippen molar-refractivity contribution in [2.24, 2.45) is 0 Å². The van der Waals surface area contributed by atoms with Gasteiger partial charge in [-0.15, -0.1) is 0 Å². The average molecular weight is 1880 g/mol. The van der Waals surface area contributed by atoms with Crippen LogP contribution in [0.5, 0.6) is 0 Å². The molecule has 0 spiro atoms. The molecule has 11 heterocycles. The molecule has 11 aliphatic heterocycles. The van der Waals surface area contributed by atoms with Crippen LogP contribution < -0.4 is 10.6 Å². The van der Waals surface area contributed by atoms with Crippen LogP contribution in [0, 0.1) is 0 Å². The largest absolute Gasteiger partial charge is 0.394 e. The first-order chi connectivity index (χ1) is 60.7. The molecule has 0 saturated carbocycles. The van der Waals surface area contributed by atoms with Gasteiger partial charge in [-0.05, 0) is 0 Å². The molecule has 2 amide bonds. The zero-order chi connectivity index (χ0) is 94.0. The van der Waals surface area contributed by atoms with Gasteiger partial charge in [-0.25, -0.2) is 0 Å². The average Bonchev–Trinajstić information content (AvgIpc) is 0.772. The summed E-state index contributed by atoms with van der Waals surface area (Å²) in [5.74, 6) is -1.79. The van der Waals surface area contributed by atoms with Gasteiger partial charge in [0.2, 0.25) is 11.8 Å². The fraction of sp³-hybridized carbons (Fsp3) is 0.971. The number of nitrogens with one attached hydrogen (secondary N) is 2. The van der Waals surface area contributed by atoms with Gasteiger partial charge in [-0.3, -0.25) is 9.59 Å². The summed E-state index contributed by atoms with van der Waals surface area (Å²) < 4.78 is 124. The third-order valence-electron chi connectivity index (χ3n) is 23.8. The summed E-state index contributed by atoms with van der Waals surface area (Å²) in [4.78, 5) is 25.2. The summed E-state index contributed by atoms with van der Waals surface area (Å²) >= 11 is 0. The molecule has 0 unspecified atom stereocenters. The SMILES string of the molecule is CC(=O)N[C@@H]1[C@@H](O)[C@H](O[C@@H]2O[C@H](CO)[C@@H](O[C@@H]3O[C@H](CO[C@H]4O[C@H](CO[C@H]5O[C@H](CO)[C@@H](O)[C@H](O)[C@@H]5O)[C@@H](O)[C@H](O[C@H]5O[C@H](CO)[C@@H](O)[C@H](O)[C@@H]5O[C@H]5O[C@H](CO)[C@@H](O)[C@H](O)[C@@H]5O[C@H]5O[C@H](CO)[C@@H](O)[C@H](O)[C@@H]5O[C@H]5O[C@H](CO)[C@@H](O)[C@H](O)[C@@H]5O)[C@@H]4O)[C@@H](O)[C@H](O[C@H]4O[C@H](CO)[C@@H](O)[C@H](O)[C@@H]4O[C@H]4O[C@H](CO)[C@@H](O)[C@H](O)[C@@H]4O)[C@@H]3O)[C@H](O)[C@H]2NC(C)=O)[C@@H](CO)O[C@H]1O. The van der Waals surface area contributed by atoms with Gasteiger partial charge in [-0.1, -0.05) is 0 Å². The smallest absolute Gasteiger partial charge is 0.217 e. The van der Waals surface area contributed by atoms with Crippen molar-refractivity contribution < 1.29 is 278 Å². The van der Waals surface area contributed by atoms with Crippen molar-refractivity contribution in [3.63, 3.8) is 0 Å². The predicted molar refractivity (Wildman–Crippen MR) is 386 cm³/mol. The highest BCUT2D eigenvalue weighted by Gasteiger charge is 2.63. The predicted octanol–water partition coefficient (Wildman–Crippen LogP) is -24.7. The quantitative estimate of drug-likeness (QED) is 0.0290. The first-order valence-electron chi connectivity index (χ1n) is 40.7. The Morgan fingerprint density at radius 1 is 0.203 bits per heavy atom. The molecule has 0 bridgehead atoms. The molecule has 11 saturated heterocycles. The lowest BCUT2D eigenvalue weighted by Crippen LogP contribution is -2.70. The van der Waals surface area contributed by atoms with E-state index in [2.05, 4.69) is 10.6 Å². The summed E-state index contributed by atoms with van der Waals surface area (Å²) in [5, 5.41) is 372. The van der Waals surface area contributed by atoms with Crippen LogP contribution in [0.25, 0.3) is 0 Å². The van der Waals surface area contributed by atoms with Crippen molar-refractivity contribution in [3.8, 4) is 0 Å². The standard InChI is InChI=1S/C70H118N2O56/c1-14(82)71-27-38(93)52(23(10-80)110-60(27)107)121-61-28(72-15(2)83)39(94)53(24(11-81)118-61)122-66-51(106)55(124-67-56(43(98)32(87)19(6-76)114-67)125-64-48(103)41(96)30(85)17(4-74)112-64)37(92)26(120-66)13-109-63-50(105)54(36(91)25(119-63)12-108-62-47(102)40(95)29(84)16(3-73)111-62)123-68-58(45(100)34(89)20(7-77)115-68)127-70-59(46(101)35(90)22(9-79)117-70)128-69-57(44(99)33(88)21(8-78)116-69)126-65-49(104)42(97)31(86)18(5-75)113-65/h16-70,73-81,84-107H,3-13H2,1-2H3,(H,71,82)(H,72,83)/t16-,17-,18-,19-,20-,21-,22-,23-,24-,25-,26-,27-,28-,29-,30-,31-,32-,33-,34-,35-,36-,37-,38-,39-,40+,41+,42+,43+,44+,45+,46+,47+,48+,49+,50+,51+,52-,53-,54+,55+,56+,57+,58+,59+,60-,61+,62+,63+,64-,65-,66+,67-,68-,69-,70-/m1/s1. The van der Waals surface area contributed by atoms with Gasteiger partial charge in [0, 0.05) is 13.8 Å². The number of hydrogen-bond donors (Lipinski definition) is 35. The van der Waals surface area contributed by atoms with Crippen LogP contribution in [0.3, 0.4) is 0 Å². The van der Waals surface area contributed by atoms with E-state index in [1.807, 2.05) is 0 Å². The zero-order valence-corrected chi connectivity index (χ0v) is 67.7. The molecule has 11 rings (SSSR count). The lowest BCUT2D eigenvalue weighted by atomic mass is 9.94. The molecule has 58 heteroatoms. The minimum absolute atomic E-state index is 0.813. The Bertz CT molecular complexity index is 3380. The van der Waals surface area contributed by atoms with Gasteiger partial charge >= 0.3 is 0 Å². The molecule has 744 valence electrons. The molecule has 0 aromatic rings. The molecule has 128 heavy (non-hydrogen) atoms. The Balaban J connectivity index is 0.934. The minimum atomic E-state index is -2.64. The fourth-order valence-corrected chi connectivity index (χ4v) is 16.5. The maximum Gasteiger partial charge on any atom is 0.217 e. The Labute approximate surface area is 722 Å². The lowest BCUT2D eigenvalue weighted by Gasteiger charge is -2.51. The molecule has 58 nitrogen and oxygen atoms in total. The number of aliphatic hydroxyl groups is 33. The van der Waals surface area contributed by atoms with E-state index in [0.29, 0.717) is 0 Å². The first-order valence-corrected chi connectivity index (χ1v) is 40.7. The van der Waals surface area contributed by atoms with E-state index in [1.165, 1.54) is 0 Å². The van der Waals surface area contributed by atoms with Crippen molar-refractivity contribution in [2.45, 2.75) is 351 Å². The number of carbonyl (C=O) groups excluding carboxylic acids is 2. The number of amides is 2. The zero-order valence-electron chi connectivity index (χ0n) is 67.7. The van der Waals surface area contributed by atoms with Crippen LogP contribution in [0.1, 0.15) is 13.8 Å². The second kappa shape index (κ2) is 45.8. The second-order valence-electron chi connectivity index (χ2n) is 32.3. The third-order valence-corrected chi connectivity index (χ3v) is 23.8. The Morgan fingerprint density at radius 2 is 0.422 bits per heavy atom. The van der Waals surface area contributed by atoms with E-state index < -0.39 is 422 Å². The van der Waals surface area contributed by atoms with Gasteiger partial charge in [-0.2, -0.15) is 0 Å². The fourth-order valence-electron chi connectivity index (χ4n) is 16.5. The Morgan fingerprint density at radius 3 is 0.758 bits per heavy atom. The molecular formula is C70H118N2O56. The molecule has 11 aliphatic rings. The highest BCUT2D eigenvalue weighted by Crippen LogP contribution is 2.42. The topological polar surface area (TPSA) is 920 Å². The van der Waals surface area contributed by atoms with Gasteiger partial charge < -0.3 is 279 Å². The number of carbonyl (C=O) groups is 2. The van der Waals surface area contributed by atoms with Crippen molar-refractivity contribution in [2.75, 3.05) is 72.7 Å². The summed E-state index contributed by atoms with van der Waals surface area (Å²) in [6, 6.07) is -3.66.